The summed E-state index contributed by atoms with van der Waals surface area (Å²) in [5, 5.41) is 3.03. The van der Waals surface area contributed by atoms with Crippen molar-refractivity contribution in [2.45, 2.75) is 19.5 Å². The van der Waals surface area contributed by atoms with Crippen LogP contribution in [0.2, 0.25) is 10.2 Å². The van der Waals surface area contributed by atoms with Crippen LogP contribution in [-0.2, 0) is 12.6 Å². The SMILES string of the molecule is CCc1c(Cl)ncnc1Nc1cc(Cl)cc(C(F)(F)F)c1. The smallest absolute Gasteiger partial charge is 0.340 e. The van der Waals surface area contributed by atoms with Crippen molar-refractivity contribution in [1.82, 2.24) is 9.97 Å². The Morgan fingerprint density at radius 1 is 1.14 bits per heavy atom. The fourth-order valence-corrected chi connectivity index (χ4v) is 2.28. The molecule has 1 aromatic carbocycles. The Bertz CT molecular complexity index is 660. The number of hydrogen-bond acceptors (Lipinski definition) is 3. The zero-order valence-corrected chi connectivity index (χ0v) is 12.3. The topological polar surface area (TPSA) is 37.8 Å². The second-order valence-corrected chi connectivity index (χ2v) is 4.99. The van der Waals surface area contributed by atoms with Gasteiger partial charge in [-0.3, -0.25) is 0 Å². The van der Waals surface area contributed by atoms with Gasteiger partial charge >= 0.3 is 6.18 Å². The van der Waals surface area contributed by atoms with Crippen molar-refractivity contribution in [3.8, 4) is 0 Å². The molecule has 3 nitrogen and oxygen atoms in total. The van der Waals surface area contributed by atoms with Crippen molar-refractivity contribution in [3.63, 3.8) is 0 Å². The molecule has 1 heterocycles. The maximum Gasteiger partial charge on any atom is 0.416 e. The Labute approximate surface area is 129 Å². The maximum absolute atomic E-state index is 12.8. The lowest BCUT2D eigenvalue weighted by Gasteiger charge is -2.13. The summed E-state index contributed by atoms with van der Waals surface area (Å²) >= 11 is 11.7. The lowest BCUT2D eigenvalue weighted by Crippen LogP contribution is -2.06. The molecule has 0 amide bonds. The molecule has 0 bridgehead atoms. The van der Waals surface area contributed by atoms with Gasteiger partial charge in [0.1, 0.15) is 17.3 Å². The van der Waals surface area contributed by atoms with Gasteiger partial charge in [0.2, 0.25) is 0 Å². The third-order valence-electron chi connectivity index (χ3n) is 2.73. The lowest BCUT2D eigenvalue weighted by molar-refractivity contribution is -0.137. The van der Waals surface area contributed by atoms with Gasteiger partial charge in [0.25, 0.3) is 0 Å². The minimum Gasteiger partial charge on any atom is -0.340 e. The summed E-state index contributed by atoms with van der Waals surface area (Å²) in [5.74, 6) is 0.355. The number of benzene rings is 1. The summed E-state index contributed by atoms with van der Waals surface area (Å²) in [6, 6.07) is 3.20. The number of rotatable bonds is 3. The Balaban J connectivity index is 2.41. The molecular formula is C13H10Cl2F3N3. The van der Waals surface area contributed by atoms with E-state index in [1.54, 1.807) is 0 Å². The summed E-state index contributed by atoms with van der Waals surface area (Å²) in [7, 11) is 0. The molecule has 1 N–H and O–H groups in total. The van der Waals surface area contributed by atoms with Gasteiger partial charge in [-0.2, -0.15) is 13.2 Å². The molecule has 0 fully saturated rings. The average molecular weight is 336 g/mol. The molecule has 8 heteroatoms. The number of alkyl halides is 3. The van der Waals surface area contributed by atoms with Crippen LogP contribution in [0.5, 0.6) is 0 Å². The van der Waals surface area contributed by atoms with E-state index in [0.717, 1.165) is 12.1 Å². The minimum atomic E-state index is -4.47. The van der Waals surface area contributed by atoms with Gasteiger partial charge < -0.3 is 5.32 Å². The van der Waals surface area contributed by atoms with Crippen LogP contribution < -0.4 is 5.32 Å². The van der Waals surface area contributed by atoms with Crippen LogP contribution in [0.1, 0.15) is 18.1 Å². The molecule has 0 saturated heterocycles. The van der Waals surface area contributed by atoms with Gasteiger partial charge in [0, 0.05) is 16.3 Å². The van der Waals surface area contributed by atoms with Crippen LogP contribution in [0.15, 0.2) is 24.5 Å². The first-order chi connectivity index (χ1) is 9.81. The molecule has 0 aliphatic rings. The van der Waals surface area contributed by atoms with Crippen molar-refractivity contribution in [3.05, 3.63) is 45.8 Å². The number of aromatic nitrogens is 2. The van der Waals surface area contributed by atoms with E-state index in [4.69, 9.17) is 23.2 Å². The highest BCUT2D eigenvalue weighted by molar-refractivity contribution is 6.31. The fourth-order valence-electron chi connectivity index (χ4n) is 1.77. The van der Waals surface area contributed by atoms with Gasteiger partial charge in [0.15, 0.2) is 0 Å². The normalized spacial score (nSPS) is 11.5. The van der Waals surface area contributed by atoms with E-state index >= 15 is 0 Å². The van der Waals surface area contributed by atoms with E-state index in [2.05, 4.69) is 15.3 Å². The Morgan fingerprint density at radius 2 is 1.86 bits per heavy atom. The van der Waals surface area contributed by atoms with Crippen molar-refractivity contribution in [2.24, 2.45) is 0 Å². The highest BCUT2D eigenvalue weighted by atomic mass is 35.5. The van der Waals surface area contributed by atoms with Gasteiger partial charge in [-0.25, -0.2) is 9.97 Å². The number of nitrogens with zero attached hydrogens (tertiary/aromatic N) is 2. The standard InChI is InChI=1S/C13H10Cl2F3N3/c1-2-10-11(15)19-6-20-12(10)21-9-4-7(13(16,17)18)3-8(14)5-9/h3-6H,2H2,1H3,(H,19,20,21). The molecule has 112 valence electrons. The molecule has 0 atom stereocenters. The molecule has 2 rings (SSSR count). The third kappa shape index (κ3) is 3.77. The molecule has 0 spiro atoms. The second kappa shape index (κ2) is 6.07. The predicted molar refractivity (Wildman–Crippen MR) is 76.2 cm³/mol. The second-order valence-electron chi connectivity index (χ2n) is 4.20. The van der Waals surface area contributed by atoms with Gasteiger partial charge in [-0.05, 0) is 24.6 Å². The third-order valence-corrected chi connectivity index (χ3v) is 3.28. The first-order valence-corrected chi connectivity index (χ1v) is 6.71. The molecule has 0 aliphatic carbocycles. The van der Waals surface area contributed by atoms with Crippen molar-refractivity contribution < 1.29 is 13.2 Å². The summed E-state index contributed by atoms with van der Waals surface area (Å²) in [5.41, 5.74) is -0.0392. The average Bonchev–Trinajstić information content (AvgIpc) is 2.37. The first-order valence-electron chi connectivity index (χ1n) is 5.95. The van der Waals surface area contributed by atoms with E-state index in [1.807, 2.05) is 6.92 Å². The number of halogens is 5. The monoisotopic (exact) mass is 335 g/mol. The first kappa shape index (κ1) is 15.9. The quantitative estimate of drug-likeness (QED) is 0.792. The number of nitrogens with one attached hydrogen (secondary N) is 1. The molecule has 0 radical (unpaired) electrons. The Kier molecular flexibility index (Phi) is 4.58. The van der Waals surface area contributed by atoms with E-state index in [-0.39, 0.29) is 15.9 Å². The van der Waals surface area contributed by atoms with Crippen molar-refractivity contribution in [1.29, 1.82) is 0 Å². The summed E-state index contributed by atoms with van der Waals surface area (Å²) in [4.78, 5) is 7.83. The van der Waals surface area contributed by atoms with Crippen LogP contribution >= 0.6 is 23.2 Å². The van der Waals surface area contributed by atoms with Crippen molar-refractivity contribution >= 4 is 34.7 Å². The molecule has 2 aromatic rings. The predicted octanol–water partition coefficient (Wildman–Crippen LogP) is 5.11. The number of hydrogen-bond donors (Lipinski definition) is 1. The van der Waals surface area contributed by atoms with E-state index in [0.29, 0.717) is 17.8 Å². The fraction of sp³-hybridized carbons (Fsp3) is 0.231. The van der Waals surface area contributed by atoms with E-state index in [1.165, 1.54) is 12.4 Å². The van der Waals surface area contributed by atoms with Gasteiger partial charge in [-0.15, -0.1) is 0 Å². The minimum absolute atomic E-state index is 0.0227. The zero-order chi connectivity index (χ0) is 15.6. The van der Waals surface area contributed by atoms with E-state index < -0.39 is 11.7 Å². The van der Waals surface area contributed by atoms with Gasteiger partial charge in [-0.1, -0.05) is 30.1 Å². The maximum atomic E-state index is 12.8. The zero-order valence-electron chi connectivity index (χ0n) is 10.8. The Hall–Kier alpha value is -1.53. The molecule has 0 aliphatic heterocycles. The van der Waals surface area contributed by atoms with Gasteiger partial charge in [0.05, 0.1) is 5.56 Å². The summed E-state index contributed by atoms with van der Waals surface area (Å²) < 4.78 is 38.3. The highest BCUT2D eigenvalue weighted by Crippen LogP contribution is 2.34. The summed E-state index contributed by atoms with van der Waals surface area (Å²) in [6.45, 7) is 1.84. The van der Waals surface area contributed by atoms with Crippen LogP contribution in [0.4, 0.5) is 24.7 Å². The van der Waals surface area contributed by atoms with Crippen LogP contribution in [0.3, 0.4) is 0 Å². The molecule has 21 heavy (non-hydrogen) atoms. The van der Waals surface area contributed by atoms with Crippen molar-refractivity contribution in [2.75, 3.05) is 5.32 Å². The molecular weight excluding hydrogens is 326 g/mol. The number of anilines is 2. The highest BCUT2D eigenvalue weighted by Gasteiger charge is 2.31. The van der Waals surface area contributed by atoms with E-state index in [9.17, 15) is 13.2 Å². The van der Waals surface area contributed by atoms with Crippen LogP contribution in [0, 0.1) is 0 Å². The van der Waals surface area contributed by atoms with Crippen LogP contribution in [-0.4, -0.2) is 9.97 Å². The molecule has 0 unspecified atom stereocenters. The Morgan fingerprint density at radius 3 is 2.48 bits per heavy atom. The van der Waals surface area contributed by atoms with Crippen LogP contribution in [0.25, 0.3) is 0 Å². The lowest BCUT2D eigenvalue weighted by atomic mass is 10.2. The largest absolute Gasteiger partial charge is 0.416 e. The molecule has 0 saturated carbocycles. The summed E-state index contributed by atoms with van der Waals surface area (Å²) in [6.07, 6.45) is -2.70. The molecule has 1 aromatic heterocycles.